The number of hydrogen-bond donors (Lipinski definition) is 0. The van der Waals surface area contributed by atoms with E-state index in [-0.39, 0.29) is 5.92 Å². The lowest BCUT2D eigenvalue weighted by molar-refractivity contribution is -0.126. The Morgan fingerprint density at radius 2 is 2.00 bits per heavy atom. The van der Waals surface area contributed by atoms with Crippen molar-refractivity contribution in [2.24, 2.45) is 17.8 Å². The van der Waals surface area contributed by atoms with Gasteiger partial charge in [0.1, 0.15) is 5.78 Å². The zero-order valence-electron chi connectivity index (χ0n) is 12.7. The minimum atomic E-state index is -3.08. The number of sulfonamides is 1. The van der Waals surface area contributed by atoms with Crippen molar-refractivity contribution in [2.45, 2.75) is 51.9 Å². The largest absolute Gasteiger partial charge is 0.299 e. The third kappa shape index (κ3) is 4.04. The second kappa shape index (κ2) is 6.56. The van der Waals surface area contributed by atoms with E-state index >= 15 is 0 Å². The molecule has 2 aliphatic rings. The molecule has 0 amide bonds. The Kier molecular flexibility index (Phi) is 5.24. The molecule has 1 aliphatic heterocycles. The van der Waals surface area contributed by atoms with Crippen LogP contribution in [0.1, 0.15) is 51.9 Å². The Morgan fingerprint density at radius 1 is 1.25 bits per heavy atom. The molecule has 20 heavy (non-hydrogen) atoms. The highest BCUT2D eigenvalue weighted by atomic mass is 32.2. The third-order valence-corrected chi connectivity index (χ3v) is 6.29. The summed E-state index contributed by atoms with van der Waals surface area (Å²) in [5.41, 5.74) is 0. The summed E-state index contributed by atoms with van der Waals surface area (Å²) >= 11 is 0. The summed E-state index contributed by atoms with van der Waals surface area (Å²) in [6.45, 7) is 3.45. The number of carbonyl (C=O) groups is 1. The molecule has 1 heterocycles. The van der Waals surface area contributed by atoms with Crippen LogP contribution in [0.5, 0.6) is 0 Å². The van der Waals surface area contributed by atoms with Crippen LogP contribution in [0.25, 0.3) is 0 Å². The molecule has 0 aromatic carbocycles. The first kappa shape index (κ1) is 16.0. The highest BCUT2D eigenvalue weighted by Crippen LogP contribution is 2.34. The Hall–Kier alpha value is -0.420. The molecular formula is C15H27NO3S. The number of rotatable bonds is 4. The van der Waals surface area contributed by atoms with Crippen LogP contribution in [0.15, 0.2) is 0 Å². The van der Waals surface area contributed by atoms with Crippen LogP contribution in [0, 0.1) is 17.8 Å². The number of carbonyl (C=O) groups excluding carboxylic acids is 1. The monoisotopic (exact) mass is 301 g/mol. The minimum absolute atomic E-state index is 0.179. The fourth-order valence-corrected chi connectivity index (χ4v) is 4.67. The molecule has 0 N–H and O–H groups in total. The number of Topliss-reactive ketones (excluding diaryl/α,β-unsaturated/α-hetero) is 1. The molecule has 3 atom stereocenters. The van der Waals surface area contributed by atoms with Crippen molar-refractivity contribution in [3.8, 4) is 0 Å². The molecule has 5 heteroatoms. The van der Waals surface area contributed by atoms with Gasteiger partial charge < -0.3 is 0 Å². The van der Waals surface area contributed by atoms with Gasteiger partial charge in [0.2, 0.25) is 10.0 Å². The van der Waals surface area contributed by atoms with Gasteiger partial charge in [0.25, 0.3) is 0 Å². The summed E-state index contributed by atoms with van der Waals surface area (Å²) in [5, 5.41) is 0. The maximum absolute atomic E-state index is 12.1. The number of nitrogens with zero attached hydrogens (tertiary/aromatic N) is 1. The van der Waals surface area contributed by atoms with Gasteiger partial charge in [-0.3, -0.25) is 4.79 Å². The maximum atomic E-state index is 12.1. The number of hydrogen-bond acceptors (Lipinski definition) is 3. The second-order valence-electron chi connectivity index (χ2n) is 6.58. The summed E-state index contributed by atoms with van der Waals surface area (Å²) in [7, 11) is -3.08. The lowest BCUT2D eigenvalue weighted by Gasteiger charge is -2.35. The topological polar surface area (TPSA) is 54.5 Å². The van der Waals surface area contributed by atoms with Crippen LogP contribution in [-0.4, -0.2) is 37.9 Å². The molecule has 0 radical (unpaired) electrons. The van der Waals surface area contributed by atoms with Gasteiger partial charge in [-0.1, -0.05) is 13.3 Å². The molecular weight excluding hydrogens is 274 g/mol. The van der Waals surface area contributed by atoms with Crippen LogP contribution in [0.3, 0.4) is 0 Å². The van der Waals surface area contributed by atoms with Crippen LogP contribution >= 0.6 is 0 Å². The van der Waals surface area contributed by atoms with Crippen molar-refractivity contribution in [3.63, 3.8) is 0 Å². The van der Waals surface area contributed by atoms with E-state index in [0.29, 0.717) is 30.7 Å². The molecule has 1 aliphatic carbocycles. The van der Waals surface area contributed by atoms with Crippen LogP contribution in [0.2, 0.25) is 0 Å². The lowest BCUT2D eigenvalue weighted by atomic mass is 9.74. The van der Waals surface area contributed by atoms with Gasteiger partial charge in [-0.15, -0.1) is 0 Å². The highest BCUT2D eigenvalue weighted by Gasteiger charge is 2.32. The van der Waals surface area contributed by atoms with Gasteiger partial charge in [-0.05, 0) is 43.9 Å². The van der Waals surface area contributed by atoms with Crippen molar-refractivity contribution < 1.29 is 13.2 Å². The van der Waals surface area contributed by atoms with Crippen molar-refractivity contribution in [2.75, 3.05) is 19.3 Å². The quantitative estimate of drug-likeness (QED) is 0.801. The first-order valence-corrected chi connectivity index (χ1v) is 9.72. The molecule has 116 valence electrons. The van der Waals surface area contributed by atoms with E-state index in [9.17, 15) is 13.2 Å². The highest BCUT2D eigenvalue weighted by molar-refractivity contribution is 7.88. The first-order valence-electron chi connectivity index (χ1n) is 7.88. The Morgan fingerprint density at radius 3 is 2.65 bits per heavy atom. The summed E-state index contributed by atoms with van der Waals surface area (Å²) < 4.78 is 24.9. The number of piperidine rings is 1. The third-order valence-electron chi connectivity index (χ3n) is 5.02. The normalized spacial score (nSPS) is 33.3. The van der Waals surface area contributed by atoms with Gasteiger partial charge in [-0.2, -0.15) is 0 Å². The molecule has 0 aromatic rings. The lowest BCUT2D eigenvalue weighted by Crippen LogP contribution is -2.40. The first-order chi connectivity index (χ1) is 9.40. The van der Waals surface area contributed by atoms with E-state index in [1.807, 2.05) is 0 Å². The molecule has 0 bridgehead atoms. The second-order valence-corrected chi connectivity index (χ2v) is 8.56. The Bertz CT molecular complexity index is 446. The van der Waals surface area contributed by atoms with Crippen LogP contribution in [0.4, 0.5) is 0 Å². The van der Waals surface area contributed by atoms with Crippen molar-refractivity contribution in [1.82, 2.24) is 4.31 Å². The molecule has 2 rings (SSSR count). The zero-order valence-corrected chi connectivity index (χ0v) is 13.5. The smallest absolute Gasteiger partial charge is 0.211 e. The fourth-order valence-electron chi connectivity index (χ4n) is 3.72. The summed E-state index contributed by atoms with van der Waals surface area (Å²) in [4.78, 5) is 12.1. The molecule has 3 unspecified atom stereocenters. The summed E-state index contributed by atoms with van der Waals surface area (Å²) in [5.74, 6) is 1.64. The molecule has 0 aromatic heterocycles. The summed E-state index contributed by atoms with van der Waals surface area (Å²) in [6.07, 6.45) is 8.12. The average molecular weight is 301 g/mol. The van der Waals surface area contributed by atoms with Gasteiger partial charge >= 0.3 is 0 Å². The van der Waals surface area contributed by atoms with Crippen molar-refractivity contribution in [3.05, 3.63) is 0 Å². The predicted octanol–water partition coefficient (Wildman–Crippen LogP) is 2.44. The van der Waals surface area contributed by atoms with E-state index < -0.39 is 10.0 Å². The fraction of sp³-hybridized carbons (Fsp3) is 0.933. The number of ketones is 1. The molecule has 0 spiro atoms. The van der Waals surface area contributed by atoms with E-state index in [1.54, 1.807) is 4.31 Å². The van der Waals surface area contributed by atoms with E-state index in [0.717, 1.165) is 44.9 Å². The Labute approximate surface area is 123 Å². The summed E-state index contributed by atoms with van der Waals surface area (Å²) in [6, 6.07) is 0. The molecule has 1 saturated carbocycles. The SMILES string of the molecule is CCC1CCC(=O)C(CC2CCCN(S(C)(=O)=O)C2)C1. The van der Waals surface area contributed by atoms with Crippen molar-refractivity contribution in [1.29, 1.82) is 0 Å². The standard InChI is InChI=1S/C15H27NO3S/c1-3-12-6-7-15(17)14(9-12)10-13-5-4-8-16(11-13)20(2,18)19/h12-14H,3-11H2,1-2H3. The molecule has 1 saturated heterocycles. The predicted molar refractivity (Wildman–Crippen MR) is 79.9 cm³/mol. The van der Waals surface area contributed by atoms with Gasteiger partial charge in [0.15, 0.2) is 0 Å². The minimum Gasteiger partial charge on any atom is -0.299 e. The van der Waals surface area contributed by atoms with Gasteiger partial charge in [0, 0.05) is 25.4 Å². The van der Waals surface area contributed by atoms with Crippen molar-refractivity contribution >= 4 is 15.8 Å². The van der Waals surface area contributed by atoms with Gasteiger partial charge in [-0.25, -0.2) is 12.7 Å². The zero-order chi connectivity index (χ0) is 14.8. The Balaban J connectivity index is 1.93. The maximum Gasteiger partial charge on any atom is 0.211 e. The van der Waals surface area contributed by atoms with Crippen LogP contribution in [-0.2, 0) is 14.8 Å². The molecule has 4 nitrogen and oxygen atoms in total. The average Bonchev–Trinajstić information content (AvgIpc) is 2.41. The van der Waals surface area contributed by atoms with Crippen LogP contribution < -0.4 is 0 Å². The van der Waals surface area contributed by atoms with E-state index in [1.165, 1.54) is 6.26 Å². The van der Waals surface area contributed by atoms with E-state index in [4.69, 9.17) is 0 Å². The van der Waals surface area contributed by atoms with E-state index in [2.05, 4.69) is 6.92 Å². The van der Waals surface area contributed by atoms with Gasteiger partial charge in [0.05, 0.1) is 6.26 Å². The molecule has 2 fully saturated rings.